The molecule has 15 heteroatoms. The van der Waals surface area contributed by atoms with Crippen molar-refractivity contribution in [3.63, 3.8) is 0 Å². The van der Waals surface area contributed by atoms with Gasteiger partial charge in [0, 0.05) is 47.0 Å². The van der Waals surface area contributed by atoms with Crippen molar-refractivity contribution in [2.75, 3.05) is 18.8 Å². The Kier molecular flexibility index (Phi) is 10.0. The first-order valence-electron chi connectivity index (χ1n) is 15.9. The third-order valence-corrected chi connectivity index (χ3v) is 11.0. The highest BCUT2D eigenvalue weighted by molar-refractivity contribution is 7.99. The Labute approximate surface area is 317 Å². The van der Waals surface area contributed by atoms with Crippen LogP contribution in [0.25, 0.3) is 49.4 Å². The van der Waals surface area contributed by atoms with Crippen molar-refractivity contribution in [1.29, 1.82) is 0 Å². The van der Waals surface area contributed by atoms with Crippen LogP contribution in [0.2, 0.25) is 0 Å². The highest BCUT2D eigenvalue weighted by atomic mass is 32.2. The van der Waals surface area contributed by atoms with Gasteiger partial charge in [-0.1, -0.05) is 36.4 Å². The van der Waals surface area contributed by atoms with E-state index >= 15 is 0 Å². The number of hydrogen-bond acceptors (Lipinski definition) is 12. The number of aliphatic imine (C=N–C) groups is 3. The largest absolute Gasteiger partial charge is 0.345 e. The van der Waals surface area contributed by atoms with Gasteiger partial charge >= 0.3 is 17.1 Å². The third-order valence-electron chi connectivity index (χ3n) is 8.85. The molecule has 264 valence electrons. The second-order valence-electron chi connectivity index (χ2n) is 11.5. The highest BCUT2D eigenvalue weighted by Gasteiger charge is 2.24. The molecule has 0 aliphatic carbocycles. The van der Waals surface area contributed by atoms with E-state index in [4.69, 9.17) is 0 Å². The van der Waals surface area contributed by atoms with Crippen LogP contribution < -0.4 is 17.1 Å². The molecule has 0 unspecified atom stereocenters. The number of nitrogens with zero attached hydrogens (tertiary/aromatic N) is 6. The van der Waals surface area contributed by atoms with Gasteiger partial charge in [0.1, 0.15) is 0 Å². The number of hydrogen-bond donors (Lipinski definition) is 0. The fourth-order valence-corrected chi connectivity index (χ4v) is 7.90. The molecular formula is C39H24N6O6S3. The van der Waals surface area contributed by atoms with Crippen LogP contribution in [0.4, 0.5) is 17.1 Å². The second kappa shape index (κ2) is 15.0. The molecule has 0 radical (unpaired) electrons. The van der Waals surface area contributed by atoms with Gasteiger partial charge < -0.3 is 0 Å². The van der Waals surface area contributed by atoms with Crippen LogP contribution in [0, 0.1) is 0 Å². The maximum atomic E-state index is 15.0. The van der Waals surface area contributed by atoms with E-state index in [1.807, 2.05) is 18.8 Å². The molecule has 7 aromatic rings. The van der Waals surface area contributed by atoms with Crippen LogP contribution in [0.3, 0.4) is 0 Å². The molecule has 0 spiro atoms. The molecule has 54 heavy (non-hydrogen) atoms. The molecule has 7 rings (SSSR count). The Morgan fingerprint density at radius 2 is 0.704 bits per heavy atom. The van der Waals surface area contributed by atoms with Crippen LogP contribution in [0.15, 0.2) is 135 Å². The summed E-state index contributed by atoms with van der Waals surface area (Å²) in [5.41, 5.74) is -1.76. The van der Waals surface area contributed by atoms with Crippen LogP contribution >= 0.6 is 35.3 Å². The molecule has 0 saturated heterocycles. The van der Waals surface area contributed by atoms with Gasteiger partial charge in [-0.25, -0.2) is 42.5 Å². The van der Waals surface area contributed by atoms with E-state index in [9.17, 15) is 28.8 Å². The van der Waals surface area contributed by atoms with Gasteiger partial charge in [-0.2, -0.15) is 15.0 Å². The normalized spacial score (nSPS) is 10.9. The quantitative estimate of drug-likeness (QED) is 0.0818. The fourth-order valence-electron chi connectivity index (χ4n) is 6.50. The van der Waals surface area contributed by atoms with E-state index in [0.717, 1.165) is 13.7 Å². The summed E-state index contributed by atoms with van der Waals surface area (Å²) >= 11 is 4.10. The van der Waals surface area contributed by atoms with E-state index in [1.165, 1.54) is 35.3 Å². The van der Waals surface area contributed by atoms with Gasteiger partial charge in [0.25, 0.3) is 0 Å². The summed E-state index contributed by atoms with van der Waals surface area (Å²) in [6, 6.07) is 25.0. The van der Waals surface area contributed by atoms with E-state index < -0.39 is 17.1 Å². The minimum atomic E-state index is -0.984. The lowest BCUT2D eigenvalue weighted by Crippen LogP contribution is -2.52. The van der Waals surface area contributed by atoms with E-state index in [0.29, 0.717) is 47.0 Å². The minimum absolute atomic E-state index is 0.121. The van der Waals surface area contributed by atoms with Crippen molar-refractivity contribution in [3.8, 4) is 17.1 Å². The van der Waals surface area contributed by atoms with Crippen molar-refractivity contribution in [1.82, 2.24) is 13.7 Å². The van der Waals surface area contributed by atoms with Crippen molar-refractivity contribution in [2.45, 2.75) is 14.7 Å². The third kappa shape index (κ3) is 6.07. The summed E-state index contributed by atoms with van der Waals surface area (Å²) in [5, 5.41) is 2.60. The molecule has 0 atom stereocenters. The van der Waals surface area contributed by atoms with E-state index in [-0.39, 0.29) is 34.1 Å². The Hall–Kier alpha value is -6.30. The lowest BCUT2D eigenvalue weighted by molar-refractivity contribution is 0.564. The summed E-state index contributed by atoms with van der Waals surface area (Å²) in [6.45, 7) is 0. The maximum absolute atomic E-state index is 15.0. The smallest absolute Gasteiger partial charge is 0.246 e. The predicted octanol–water partition coefficient (Wildman–Crippen LogP) is 7.67. The molecule has 0 saturated carbocycles. The zero-order valence-electron chi connectivity index (χ0n) is 28.5. The number of aromatic nitrogens is 3. The molecule has 0 bridgehead atoms. The van der Waals surface area contributed by atoms with Crippen LogP contribution in [-0.4, -0.2) is 50.7 Å². The molecule has 0 amide bonds. The number of carbonyl (C=O) groups excluding carboxylic acids is 3. The summed E-state index contributed by atoms with van der Waals surface area (Å²) in [7, 11) is 0. The Balaban J connectivity index is 1.72. The summed E-state index contributed by atoms with van der Waals surface area (Å²) < 4.78 is 2.73. The van der Waals surface area contributed by atoms with E-state index in [2.05, 4.69) is 15.0 Å². The van der Waals surface area contributed by atoms with Crippen molar-refractivity contribution in [3.05, 3.63) is 122 Å². The first-order chi connectivity index (χ1) is 26.3. The van der Waals surface area contributed by atoms with E-state index in [1.54, 1.807) is 109 Å². The number of rotatable bonds is 9. The zero-order chi connectivity index (χ0) is 38.1. The number of fused-ring (bicyclic) bond motifs is 3. The molecular weight excluding hydrogens is 745 g/mol. The molecule has 0 N–H and O–H groups in total. The monoisotopic (exact) mass is 768 g/mol. The van der Waals surface area contributed by atoms with Crippen LogP contribution in [-0.2, 0) is 14.4 Å². The van der Waals surface area contributed by atoms with Gasteiger partial charge in [-0.3, -0.25) is 0 Å². The summed E-state index contributed by atoms with van der Waals surface area (Å²) in [6.07, 6.45) is 10.2. The van der Waals surface area contributed by atoms with Crippen molar-refractivity contribution >= 4 is 103 Å². The fraction of sp³-hybridized carbons (Fsp3) is 0.0769. The number of benzene rings is 6. The molecule has 1 heterocycles. The lowest BCUT2D eigenvalue weighted by atomic mass is 10.1. The van der Waals surface area contributed by atoms with Gasteiger partial charge in [0.15, 0.2) is 0 Å². The number of isocyanates is 3. The zero-order valence-corrected chi connectivity index (χ0v) is 31.0. The molecule has 6 aromatic carbocycles. The van der Waals surface area contributed by atoms with Crippen molar-refractivity contribution in [2.24, 2.45) is 15.0 Å². The summed E-state index contributed by atoms with van der Waals surface area (Å²) in [5.74, 6) is 0. The molecule has 0 aliphatic heterocycles. The Morgan fingerprint density at radius 3 is 0.944 bits per heavy atom. The molecule has 0 fully saturated rings. The SMILES string of the molecule is CSc1cc(N=C=O)c2cccc(-n3c(=O)n(-c4cccc5c(N=C=O)cc(SC)cc45)c(=O)n(-c4cccc5c(N=C=O)cc(SC)cc45)c3=O)c2c1. The van der Waals surface area contributed by atoms with Gasteiger partial charge in [0.2, 0.25) is 18.2 Å². The number of thioether (sulfide) groups is 3. The molecule has 0 aliphatic rings. The maximum Gasteiger partial charge on any atom is 0.345 e. The lowest BCUT2D eigenvalue weighted by Gasteiger charge is -2.18. The molecule has 12 nitrogen and oxygen atoms in total. The van der Waals surface area contributed by atoms with Gasteiger partial charge in [-0.15, -0.1) is 35.3 Å². The minimum Gasteiger partial charge on any atom is -0.246 e. The van der Waals surface area contributed by atoms with Gasteiger partial charge in [-0.05, 0) is 73.4 Å². The standard InChI is InChI=1S/C39H24N6O6S3/c1-52-22-13-28-25(31(16-22)40-19-46)7-4-10-34(28)43-37(49)44(35-11-5-8-26-29(35)14-23(53-2)17-32(26)41-20-47)39(51)45(38(43)50)36-12-6-9-27-30(36)15-24(54-3)18-33(27)42-21-48/h4-18H,1-3H3. The van der Waals surface area contributed by atoms with Gasteiger partial charge in [0.05, 0.1) is 34.1 Å². The topological polar surface area (TPSA) is 154 Å². The first kappa shape index (κ1) is 36.1. The predicted molar refractivity (Wildman–Crippen MR) is 214 cm³/mol. The average Bonchev–Trinajstić information content (AvgIpc) is 3.18. The second-order valence-corrected chi connectivity index (χ2v) is 14.2. The first-order valence-corrected chi connectivity index (χ1v) is 19.5. The Bertz CT molecular complexity index is 2710. The summed E-state index contributed by atoms with van der Waals surface area (Å²) in [4.78, 5) is 93.1. The van der Waals surface area contributed by atoms with Crippen LogP contribution in [0.5, 0.6) is 0 Å². The molecule has 1 aromatic heterocycles. The van der Waals surface area contributed by atoms with Crippen LogP contribution in [0.1, 0.15) is 0 Å². The highest BCUT2D eigenvalue weighted by Crippen LogP contribution is 2.37. The van der Waals surface area contributed by atoms with Crippen molar-refractivity contribution < 1.29 is 14.4 Å². The average molecular weight is 769 g/mol. The Morgan fingerprint density at radius 1 is 0.426 bits per heavy atom.